The van der Waals surface area contributed by atoms with Crippen molar-refractivity contribution in [2.45, 2.75) is 37.6 Å². The van der Waals surface area contributed by atoms with E-state index in [0.29, 0.717) is 24.2 Å². The van der Waals surface area contributed by atoms with Crippen LogP contribution < -0.4 is 0 Å². The van der Waals surface area contributed by atoms with Crippen LogP contribution in [0.4, 0.5) is 8.78 Å². The van der Waals surface area contributed by atoms with Crippen LogP contribution in [0.25, 0.3) is 5.69 Å². The first-order valence-electron chi connectivity index (χ1n) is 14.1. The molecular weight excluding hydrogens is 520 g/mol. The standard InChI is InChI=1S/C33H31F2N5O/c34-28-8-10-30(11-9-28)40-32(25-12-15-38(16-13-25)21-24-6-4-23(19-36)5-7-24)31(20-37-40)33(41)39-17-14-27(22-39)26-2-1-3-29(35)18-26/h1-11,18,20,25,27H,12-17,21-22H2/t27-/m0/s1. The first kappa shape index (κ1) is 26.9. The number of nitriles is 1. The number of rotatable bonds is 6. The minimum atomic E-state index is -0.324. The Labute approximate surface area is 238 Å². The molecule has 2 fully saturated rings. The van der Waals surface area contributed by atoms with Gasteiger partial charge in [-0.15, -0.1) is 0 Å². The number of amides is 1. The Morgan fingerprint density at radius 2 is 1.63 bits per heavy atom. The Bertz CT molecular complexity index is 1570. The number of piperidine rings is 1. The molecule has 0 radical (unpaired) electrons. The maximum Gasteiger partial charge on any atom is 0.257 e. The summed E-state index contributed by atoms with van der Waals surface area (Å²) in [4.78, 5) is 18.2. The smallest absolute Gasteiger partial charge is 0.257 e. The number of benzene rings is 3. The van der Waals surface area contributed by atoms with Crippen LogP contribution in [0.2, 0.25) is 0 Å². The summed E-state index contributed by atoms with van der Waals surface area (Å²) in [5, 5.41) is 13.7. The molecule has 3 heterocycles. The average molecular weight is 552 g/mol. The third kappa shape index (κ3) is 5.77. The molecule has 41 heavy (non-hydrogen) atoms. The van der Waals surface area contributed by atoms with E-state index < -0.39 is 0 Å². The van der Waals surface area contributed by atoms with Gasteiger partial charge in [0.2, 0.25) is 0 Å². The number of halogens is 2. The van der Waals surface area contributed by atoms with Crippen molar-refractivity contribution in [1.29, 1.82) is 5.26 Å². The fraction of sp³-hybridized carbons (Fsp3) is 0.303. The Morgan fingerprint density at radius 3 is 2.34 bits per heavy atom. The summed E-state index contributed by atoms with van der Waals surface area (Å²) in [6.07, 6.45) is 4.15. The summed E-state index contributed by atoms with van der Waals surface area (Å²) in [5.74, 6) is -0.445. The molecule has 4 aromatic rings. The Morgan fingerprint density at radius 1 is 0.902 bits per heavy atom. The van der Waals surface area contributed by atoms with E-state index in [1.165, 1.54) is 18.2 Å². The van der Waals surface area contributed by atoms with Crippen LogP contribution in [-0.4, -0.2) is 51.7 Å². The molecule has 0 aliphatic carbocycles. The normalized spacial score (nSPS) is 18.0. The maximum absolute atomic E-state index is 13.9. The molecule has 0 bridgehead atoms. The van der Waals surface area contributed by atoms with E-state index in [0.717, 1.165) is 61.4 Å². The number of aromatic nitrogens is 2. The molecule has 1 atom stereocenters. The lowest BCUT2D eigenvalue weighted by Gasteiger charge is -2.33. The van der Waals surface area contributed by atoms with Crippen LogP contribution in [0.15, 0.2) is 79.0 Å². The molecule has 1 aromatic heterocycles. The predicted molar refractivity (Wildman–Crippen MR) is 152 cm³/mol. The molecule has 0 N–H and O–H groups in total. The predicted octanol–water partition coefficient (Wildman–Crippen LogP) is 6.03. The van der Waals surface area contributed by atoms with Gasteiger partial charge in [-0.2, -0.15) is 10.4 Å². The number of carbonyl (C=O) groups is 1. The lowest BCUT2D eigenvalue weighted by Crippen LogP contribution is -2.34. The second-order valence-corrected chi connectivity index (χ2v) is 11.0. The second-order valence-electron chi connectivity index (χ2n) is 11.0. The molecule has 3 aromatic carbocycles. The highest BCUT2D eigenvalue weighted by Gasteiger charge is 2.34. The first-order valence-corrected chi connectivity index (χ1v) is 14.1. The first-order chi connectivity index (χ1) is 20.0. The van der Waals surface area contributed by atoms with Crippen LogP contribution in [0.5, 0.6) is 0 Å². The largest absolute Gasteiger partial charge is 0.338 e. The lowest BCUT2D eigenvalue weighted by atomic mass is 9.90. The van der Waals surface area contributed by atoms with Gasteiger partial charge in [0.05, 0.1) is 34.8 Å². The minimum absolute atomic E-state index is 0.0627. The van der Waals surface area contributed by atoms with Crippen molar-refractivity contribution in [2.24, 2.45) is 0 Å². The lowest BCUT2D eigenvalue weighted by molar-refractivity contribution is 0.0788. The Balaban J connectivity index is 1.22. The van der Waals surface area contributed by atoms with E-state index >= 15 is 0 Å². The molecule has 0 spiro atoms. The minimum Gasteiger partial charge on any atom is -0.338 e. The summed E-state index contributed by atoms with van der Waals surface area (Å²) < 4.78 is 29.4. The molecule has 6 rings (SSSR count). The summed E-state index contributed by atoms with van der Waals surface area (Å²) >= 11 is 0. The third-order valence-electron chi connectivity index (χ3n) is 8.37. The molecule has 0 unspecified atom stereocenters. The van der Waals surface area contributed by atoms with Crippen molar-refractivity contribution in [3.8, 4) is 11.8 Å². The second kappa shape index (κ2) is 11.6. The van der Waals surface area contributed by atoms with E-state index in [2.05, 4.69) is 16.1 Å². The van der Waals surface area contributed by atoms with Gasteiger partial charge >= 0.3 is 0 Å². The van der Waals surface area contributed by atoms with Gasteiger partial charge in [-0.25, -0.2) is 13.5 Å². The van der Waals surface area contributed by atoms with E-state index in [1.807, 2.05) is 35.2 Å². The van der Waals surface area contributed by atoms with Crippen LogP contribution in [0.1, 0.15) is 63.8 Å². The van der Waals surface area contributed by atoms with Gasteiger partial charge in [0.15, 0.2) is 0 Å². The number of nitrogens with zero attached hydrogens (tertiary/aromatic N) is 5. The highest BCUT2D eigenvalue weighted by Crippen LogP contribution is 2.35. The zero-order valence-corrected chi connectivity index (χ0v) is 22.7. The van der Waals surface area contributed by atoms with Gasteiger partial charge in [0.1, 0.15) is 11.6 Å². The Hall–Kier alpha value is -4.35. The Kier molecular flexibility index (Phi) is 7.62. The van der Waals surface area contributed by atoms with Crippen molar-refractivity contribution in [3.63, 3.8) is 0 Å². The number of likely N-dealkylation sites (tertiary alicyclic amines) is 2. The van der Waals surface area contributed by atoms with Gasteiger partial charge in [-0.1, -0.05) is 24.3 Å². The van der Waals surface area contributed by atoms with Crippen molar-refractivity contribution in [1.82, 2.24) is 19.6 Å². The summed E-state index contributed by atoms with van der Waals surface area (Å²) in [7, 11) is 0. The number of hydrogen-bond acceptors (Lipinski definition) is 4. The summed E-state index contributed by atoms with van der Waals surface area (Å²) in [6, 6.07) is 22.7. The van der Waals surface area contributed by atoms with Gasteiger partial charge in [-0.3, -0.25) is 9.69 Å². The topological polar surface area (TPSA) is 65.2 Å². The highest BCUT2D eigenvalue weighted by atomic mass is 19.1. The van der Waals surface area contributed by atoms with Crippen molar-refractivity contribution in [3.05, 3.63) is 119 Å². The van der Waals surface area contributed by atoms with Crippen LogP contribution in [-0.2, 0) is 6.54 Å². The van der Waals surface area contributed by atoms with E-state index in [-0.39, 0.29) is 29.4 Å². The fourth-order valence-electron chi connectivity index (χ4n) is 6.16. The van der Waals surface area contributed by atoms with Crippen LogP contribution >= 0.6 is 0 Å². The van der Waals surface area contributed by atoms with Gasteiger partial charge in [0, 0.05) is 31.5 Å². The monoisotopic (exact) mass is 551 g/mol. The molecule has 2 aliphatic heterocycles. The van der Waals surface area contributed by atoms with Crippen molar-refractivity contribution >= 4 is 5.91 Å². The molecular formula is C33H31F2N5O. The van der Waals surface area contributed by atoms with Crippen LogP contribution in [0, 0.1) is 23.0 Å². The molecule has 208 valence electrons. The average Bonchev–Trinajstić information content (AvgIpc) is 3.67. The molecule has 1 amide bonds. The zero-order chi connectivity index (χ0) is 28.3. The maximum atomic E-state index is 13.9. The van der Waals surface area contributed by atoms with Gasteiger partial charge in [0.25, 0.3) is 5.91 Å². The van der Waals surface area contributed by atoms with Gasteiger partial charge < -0.3 is 4.90 Å². The molecule has 8 heteroatoms. The fourth-order valence-corrected chi connectivity index (χ4v) is 6.16. The van der Waals surface area contributed by atoms with Crippen molar-refractivity contribution in [2.75, 3.05) is 26.2 Å². The van der Waals surface area contributed by atoms with E-state index in [9.17, 15) is 13.6 Å². The van der Waals surface area contributed by atoms with E-state index in [1.54, 1.807) is 35.1 Å². The molecule has 2 saturated heterocycles. The quantitative estimate of drug-likeness (QED) is 0.294. The highest BCUT2D eigenvalue weighted by molar-refractivity contribution is 5.95. The zero-order valence-electron chi connectivity index (χ0n) is 22.7. The van der Waals surface area contributed by atoms with Crippen molar-refractivity contribution < 1.29 is 13.6 Å². The summed E-state index contributed by atoms with van der Waals surface area (Å²) in [5.41, 5.74) is 4.90. The number of hydrogen-bond donors (Lipinski definition) is 0. The van der Waals surface area contributed by atoms with Gasteiger partial charge in [-0.05, 0) is 92.0 Å². The SMILES string of the molecule is N#Cc1ccc(CN2CCC(c3c(C(=O)N4CC[C@H](c5cccc(F)c5)C4)cnn3-c3ccc(F)cc3)CC2)cc1. The summed E-state index contributed by atoms with van der Waals surface area (Å²) in [6.45, 7) is 3.66. The van der Waals surface area contributed by atoms with E-state index in [4.69, 9.17) is 5.26 Å². The number of carbonyl (C=O) groups excluding carboxylic acids is 1. The molecule has 6 nitrogen and oxygen atoms in total. The molecule has 0 saturated carbocycles. The van der Waals surface area contributed by atoms with Crippen LogP contribution in [0.3, 0.4) is 0 Å². The third-order valence-corrected chi connectivity index (χ3v) is 8.37. The molecule has 2 aliphatic rings.